The van der Waals surface area contributed by atoms with E-state index in [1.54, 1.807) is 6.20 Å². The molecule has 1 heterocycles. The lowest BCUT2D eigenvalue weighted by Crippen LogP contribution is -2.37. The van der Waals surface area contributed by atoms with Crippen LogP contribution in [0.15, 0.2) is 6.20 Å². The Balaban J connectivity index is 2.05. The van der Waals surface area contributed by atoms with Gasteiger partial charge in [0, 0.05) is 18.0 Å². The number of aromatic nitrogens is 2. The third kappa shape index (κ3) is 2.67. The highest BCUT2D eigenvalue weighted by Gasteiger charge is 2.28. The van der Waals surface area contributed by atoms with E-state index in [-0.39, 0.29) is 11.8 Å². The van der Waals surface area contributed by atoms with Gasteiger partial charge in [0.2, 0.25) is 5.91 Å². The van der Waals surface area contributed by atoms with Gasteiger partial charge in [-0.2, -0.15) is 0 Å². The van der Waals surface area contributed by atoms with Crippen molar-refractivity contribution in [2.24, 2.45) is 11.8 Å². The number of rotatable bonds is 2. The van der Waals surface area contributed by atoms with E-state index in [1.807, 2.05) is 13.8 Å². The minimum atomic E-state index is -0.0412. The minimum Gasteiger partial charge on any atom is -0.294 e. The lowest BCUT2D eigenvalue weighted by atomic mass is 9.79. The normalized spacial score (nSPS) is 23.7. The maximum absolute atomic E-state index is 11.5. The number of carbonyl (C=O) groups is 1. The lowest BCUT2D eigenvalue weighted by Gasteiger charge is -2.27. The van der Waals surface area contributed by atoms with Gasteiger partial charge >= 0.3 is 0 Å². The molecular weight excluding hydrogens is 228 g/mol. The molecule has 1 aliphatic carbocycles. The van der Waals surface area contributed by atoms with Crippen LogP contribution in [0.4, 0.5) is 0 Å². The van der Waals surface area contributed by atoms with Crippen molar-refractivity contribution >= 4 is 5.91 Å². The summed E-state index contributed by atoms with van der Waals surface area (Å²) in [7, 11) is 0. The first-order chi connectivity index (χ1) is 8.61. The molecule has 3 N–H and O–H groups in total. The number of nitrogens with two attached hydrogens (primary N) is 1. The maximum atomic E-state index is 11.5. The van der Waals surface area contributed by atoms with Crippen LogP contribution in [-0.4, -0.2) is 15.9 Å². The van der Waals surface area contributed by atoms with E-state index in [1.165, 1.54) is 0 Å². The second-order valence-corrected chi connectivity index (χ2v) is 5.04. The molecule has 0 unspecified atom stereocenters. The number of carbonyl (C=O) groups excluding carboxylic acids is 1. The number of amides is 1. The first kappa shape index (κ1) is 13.0. The van der Waals surface area contributed by atoms with E-state index in [9.17, 15) is 4.79 Å². The van der Waals surface area contributed by atoms with Crippen molar-refractivity contribution in [2.75, 3.05) is 0 Å². The Hall–Kier alpha value is -1.49. The van der Waals surface area contributed by atoms with Gasteiger partial charge in [0.05, 0.1) is 17.1 Å². The number of aryl methyl sites for hydroxylation is 2. The van der Waals surface area contributed by atoms with Gasteiger partial charge in [-0.3, -0.25) is 20.2 Å². The molecule has 0 bridgehead atoms. The standard InChI is InChI=1S/C13H20N4O/c1-8-7-15-9(2)12(16-8)10-3-5-11(6-4-10)13(18)17-14/h7,10-11H,3-6,14H2,1-2H3,(H,17,18). The van der Waals surface area contributed by atoms with Crippen LogP contribution in [0.2, 0.25) is 0 Å². The van der Waals surface area contributed by atoms with Crippen molar-refractivity contribution in [2.45, 2.75) is 45.4 Å². The molecule has 1 amide bonds. The Morgan fingerprint density at radius 2 is 2.00 bits per heavy atom. The van der Waals surface area contributed by atoms with Gasteiger partial charge in [0.25, 0.3) is 0 Å². The van der Waals surface area contributed by atoms with Gasteiger partial charge in [0.1, 0.15) is 0 Å². The van der Waals surface area contributed by atoms with Crippen LogP contribution in [-0.2, 0) is 4.79 Å². The molecule has 18 heavy (non-hydrogen) atoms. The first-order valence-corrected chi connectivity index (χ1v) is 6.42. The summed E-state index contributed by atoms with van der Waals surface area (Å²) in [5.41, 5.74) is 5.30. The summed E-state index contributed by atoms with van der Waals surface area (Å²) in [5.74, 6) is 5.62. The number of hydrogen-bond donors (Lipinski definition) is 2. The van der Waals surface area contributed by atoms with Gasteiger partial charge in [-0.1, -0.05) is 0 Å². The van der Waals surface area contributed by atoms with E-state index in [2.05, 4.69) is 15.4 Å². The molecule has 5 heteroatoms. The molecular formula is C13H20N4O. The minimum absolute atomic E-state index is 0.0412. The van der Waals surface area contributed by atoms with Crippen molar-refractivity contribution in [3.8, 4) is 0 Å². The smallest absolute Gasteiger partial charge is 0.236 e. The van der Waals surface area contributed by atoms with E-state index in [0.29, 0.717) is 5.92 Å². The van der Waals surface area contributed by atoms with Gasteiger partial charge in [0.15, 0.2) is 0 Å². The Labute approximate surface area is 107 Å². The molecule has 1 aromatic rings. The zero-order valence-corrected chi connectivity index (χ0v) is 10.9. The van der Waals surface area contributed by atoms with E-state index >= 15 is 0 Å². The van der Waals surface area contributed by atoms with Crippen LogP contribution in [0.5, 0.6) is 0 Å². The summed E-state index contributed by atoms with van der Waals surface area (Å²) in [6.07, 6.45) is 5.52. The van der Waals surface area contributed by atoms with E-state index in [0.717, 1.165) is 42.8 Å². The highest BCUT2D eigenvalue weighted by atomic mass is 16.2. The average Bonchev–Trinajstić information content (AvgIpc) is 2.41. The van der Waals surface area contributed by atoms with Crippen LogP contribution >= 0.6 is 0 Å². The number of hydrogen-bond acceptors (Lipinski definition) is 4. The van der Waals surface area contributed by atoms with Crippen LogP contribution in [0.1, 0.15) is 48.7 Å². The summed E-state index contributed by atoms with van der Waals surface area (Å²) in [4.78, 5) is 20.4. The monoisotopic (exact) mass is 248 g/mol. The maximum Gasteiger partial charge on any atom is 0.236 e. The molecule has 0 aliphatic heterocycles. The molecule has 0 spiro atoms. The predicted molar refractivity (Wildman–Crippen MR) is 68.5 cm³/mol. The highest BCUT2D eigenvalue weighted by Crippen LogP contribution is 2.35. The third-order valence-corrected chi connectivity index (χ3v) is 3.74. The molecule has 1 saturated carbocycles. The van der Waals surface area contributed by atoms with Crippen LogP contribution in [0.25, 0.3) is 0 Å². The van der Waals surface area contributed by atoms with Crippen molar-refractivity contribution < 1.29 is 4.79 Å². The Morgan fingerprint density at radius 1 is 1.33 bits per heavy atom. The molecule has 0 aromatic carbocycles. The fourth-order valence-corrected chi connectivity index (χ4v) is 2.69. The van der Waals surface area contributed by atoms with E-state index < -0.39 is 0 Å². The van der Waals surface area contributed by atoms with Crippen molar-refractivity contribution in [1.82, 2.24) is 15.4 Å². The van der Waals surface area contributed by atoms with Crippen LogP contribution < -0.4 is 11.3 Å². The van der Waals surface area contributed by atoms with Gasteiger partial charge in [-0.25, -0.2) is 5.84 Å². The Bertz CT molecular complexity index is 439. The first-order valence-electron chi connectivity index (χ1n) is 6.42. The summed E-state index contributed by atoms with van der Waals surface area (Å²) in [5, 5.41) is 0. The molecule has 1 aliphatic rings. The zero-order valence-electron chi connectivity index (χ0n) is 10.9. The molecule has 0 saturated heterocycles. The van der Waals surface area contributed by atoms with Gasteiger partial charge < -0.3 is 0 Å². The largest absolute Gasteiger partial charge is 0.294 e. The summed E-state index contributed by atoms with van der Waals surface area (Å²) < 4.78 is 0. The zero-order chi connectivity index (χ0) is 13.1. The predicted octanol–water partition coefficient (Wildman–Crippen LogP) is 1.36. The van der Waals surface area contributed by atoms with Crippen molar-refractivity contribution in [1.29, 1.82) is 0 Å². The molecule has 1 fully saturated rings. The van der Waals surface area contributed by atoms with Gasteiger partial charge in [-0.05, 0) is 39.5 Å². The highest BCUT2D eigenvalue weighted by molar-refractivity contribution is 5.78. The number of nitrogens with one attached hydrogen (secondary N) is 1. The number of hydrazine groups is 1. The third-order valence-electron chi connectivity index (χ3n) is 3.74. The average molecular weight is 248 g/mol. The summed E-state index contributed by atoms with van der Waals surface area (Å²) in [6, 6.07) is 0. The van der Waals surface area contributed by atoms with Gasteiger partial charge in [-0.15, -0.1) is 0 Å². The van der Waals surface area contributed by atoms with Crippen molar-refractivity contribution in [3.63, 3.8) is 0 Å². The summed E-state index contributed by atoms with van der Waals surface area (Å²) in [6.45, 7) is 3.96. The molecule has 1 aromatic heterocycles. The molecule has 2 rings (SSSR count). The summed E-state index contributed by atoms with van der Waals surface area (Å²) >= 11 is 0. The quantitative estimate of drug-likeness (QED) is 0.470. The lowest BCUT2D eigenvalue weighted by molar-refractivity contribution is -0.126. The Morgan fingerprint density at radius 3 is 2.61 bits per heavy atom. The molecule has 0 atom stereocenters. The Kier molecular flexibility index (Phi) is 3.91. The second-order valence-electron chi connectivity index (χ2n) is 5.04. The second kappa shape index (κ2) is 5.44. The fourth-order valence-electron chi connectivity index (χ4n) is 2.69. The van der Waals surface area contributed by atoms with Crippen LogP contribution in [0.3, 0.4) is 0 Å². The molecule has 98 valence electrons. The molecule has 5 nitrogen and oxygen atoms in total. The fraction of sp³-hybridized carbons (Fsp3) is 0.615. The molecule has 0 radical (unpaired) electrons. The number of nitrogens with zero attached hydrogens (tertiary/aromatic N) is 2. The van der Waals surface area contributed by atoms with Crippen molar-refractivity contribution in [3.05, 3.63) is 23.3 Å². The van der Waals surface area contributed by atoms with E-state index in [4.69, 9.17) is 5.84 Å². The van der Waals surface area contributed by atoms with Crippen LogP contribution in [0, 0.1) is 19.8 Å². The topological polar surface area (TPSA) is 80.9 Å². The SMILES string of the molecule is Cc1cnc(C)c(C2CCC(C(=O)NN)CC2)n1.